The van der Waals surface area contributed by atoms with Crippen LogP contribution >= 0.6 is 0 Å². The van der Waals surface area contributed by atoms with Gasteiger partial charge in [-0.05, 0) is 19.3 Å². The van der Waals surface area contributed by atoms with Gasteiger partial charge in [0.1, 0.15) is 0 Å². The molecule has 0 unspecified atom stereocenters. The zero-order valence-electron chi connectivity index (χ0n) is 5.03. The molecule has 9 heavy (non-hydrogen) atoms. The van der Waals surface area contributed by atoms with Crippen molar-refractivity contribution in [3.8, 4) is 0 Å². The van der Waals surface area contributed by atoms with Gasteiger partial charge in [-0.15, -0.1) is 0 Å². The Balaban J connectivity index is 2.04. The van der Waals surface area contributed by atoms with E-state index in [1.165, 1.54) is 0 Å². The summed E-state index contributed by atoms with van der Waals surface area (Å²) in [5, 5.41) is 0. The van der Waals surface area contributed by atoms with Crippen molar-refractivity contribution < 1.29 is 8.78 Å². The normalized spacial score (nSPS) is 54.7. The van der Waals surface area contributed by atoms with Crippen LogP contribution in [0.4, 0.5) is 8.78 Å². The highest BCUT2D eigenvalue weighted by atomic mass is 19.3. The summed E-state index contributed by atoms with van der Waals surface area (Å²) < 4.78 is 24.0. The van der Waals surface area contributed by atoms with Crippen molar-refractivity contribution >= 4 is 0 Å². The van der Waals surface area contributed by atoms with E-state index in [9.17, 15) is 8.78 Å². The molecule has 0 amide bonds. The molecule has 0 heterocycles. The molecule has 0 saturated heterocycles. The summed E-state index contributed by atoms with van der Waals surface area (Å²) in [6.45, 7) is 0. The van der Waals surface area contributed by atoms with E-state index in [2.05, 4.69) is 0 Å². The molecule has 3 fully saturated rings. The van der Waals surface area contributed by atoms with Crippen LogP contribution in [0.15, 0.2) is 0 Å². The second-order valence-corrected chi connectivity index (χ2v) is 3.56. The first-order valence-corrected chi connectivity index (χ1v) is 3.14. The summed E-state index contributed by atoms with van der Waals surface area (Å²) in [4.78, 5) is 0. The third kappa shape index (κ3) is 0.467. The zero-order chi connectivity index (χ0) is 6.70. The van der Waals surface area contributed by atoms with E-state index < -0.39 is 11.8 Å². The minimum Gasteiger partial charge on any atom is -0.325 e. The molecule has 52 valence electrons. The smallest absolute Gasteiger partial charge is 0.244 e. The van der Waals surface area contributed by atoms with Crippen molar-refractivity contribution in [3.63, 3.8) is 0 Å². The van der Waals surface area contributed by atoms with E-state index >= 15 is 0 Å². The van der Waals surface area contributed by atoms with Crippen molar-refractivity contribution in [2.45, 2.75) is 31.2 Å². The second kappa shape index (κ2) is 1.15. The summed E-state index contributed by atoms with van der Waals surface area (Å²) in [6.07, 6.45) is -0.476. The first-order chi connectivity index (χ1) is 4.06. The molecule has 0 atom stereocenters. The van der Waals surface area contributed by atoms with Crippen molar-refractivity contribution in [1.82, 2.24) is 0 Å². The molecule has 3 aliphatic rings. The van der Waals surface area contributed by atoms with E-state index in [-0.39, 0.29) is 5.54 Å². The summed E-state index contributed by atoms with van der Waals surface area (Å²) >= 11 is 0. The van der Waals surface area contributed by atoms with Crippen LogP contribution in [0.1, 0.15) is 19.3 Å². The predicted octanol–water partition coefficient (Wildman–Crippen LogP) is 1.13. The monoisotopic (exact) mass is 133 g/mol. The van der Waals surface area contributed by atoms with Gasteiger partial charge in [0.25, 0.3) is 0 Å². The zero-order valence-corrected chi connectivity index (χ0v) is 5.03. The Labute approximate surface area is 52.2 Å². The van der Waals surface area contributed by atoms with Crippen LogP contribution in [0, 0.1) is 5.41 Å². The molecule has 2 bridgehead atoms. The molecular formula is C6H9F2N. The fraction of sp³-hybridized carbons (Fsp3) is 1.00. The minimum atomic E-state index is -2.14. The maximum absolute atomic E-state index is 12.0. The topological polar surface area (TPSA) is 26.0 Å². The number of alkyl halides is 2. The van der Waals surface area contributed by atoms with E-state index in [1.54, 1.807) is 0 Å². The number of hydrogen-bond donors (Lipinski definition) is 1. The van der Waals surface area contributed by atoms with Gasteiger partial charge in [-0.1, -0.05) is 0 Å². The highest BCUT2D eigenvalue weighted by molar-refractivity contribution is 5.22. The first kappa shape index (κ1) is 5.59. The van der Waals surface area contributed by atoms with Crippen LogP contribution < -0.4 is 5.73 Å². The molecule has 0 radical (unpaired) electrons. The van der Waals surface area contributed by atoms with Crippen LogP contribution in [-0.4, -0.2) is 12.0 Å². The van der Waals surface area contributed by atoms with Gasteiger partial charge in [0, 0.05) is 11.0 Å². The van der Waals surface area contributed by atoms with Gasteiger partial charge in [0.05, 0.1) is 0 Å². The van der Waals surface area contributed by atoms with Crippen molar-refractivity contribution in [3.05, 3.63) is 0 Å². The molecule has 0 spiro atoms. The molecule has 3 aliphatic carbocycles. The van der Waals surface area contributed by atoms with Gasteiger partial charge in [-0.3, -0.25) is 0 Å². The number of hydrogen-bond acceptors (Lipinski definition) is 1. The standard InChI is InChI=1S/C6H9F2N/c7-4(8)5-1-6(9,2-5)3-5/h4H,1-3,9H2. The minimum absolute atomic E-state index is 0.170. The number of halogens is 2. The summed E-state index contributed by atoms with van der Waals surface area (Å²) in [7, 11) is 0. The molecule has 2 N–H and O–H groups in total. The fourth-order valence-electron chi connectivity index (χ4n) is 2.18. The van der Waals surface area contributed by atoms with Crippen LogP contribution in [0.25, 0.3) is 0 Å². The lowest BCUT2D eigenvalue weighted by Crippen LogP contribution is -2.74. The highest BCUT2D eigenvalue weighted by Crippen LogP contribution is 2.68. The van der Waals surface area contributed by atoms with Gasteiger partial charge >= 0.3 is 0 Å². The average molecular weight is 133 g/mol. The largest absolute Gasteiger partial charge is 0.325 e. The maximum atomic E-state index is 12.0. The summed E-state index contributed by atoms with van der Waals surface area (Å²) in [5.41, 5.74) is 4.78. The molecular weight excluding hydrogens is 124 g/mol. The van der Waals surface area contributed by atoms with Gasteiger partial charge in [-0.25, -0.2) is 8.78 Å². The average Bonchev–Trinajstić information content (AvgIpc) is 1.54. The van der Waals surface area contributed by atoms with Crippen molar-refractivity contribution in [1.29, 1.82) is 0 Å². The molecule has 3 rings (SSSR count). The Kier molecular flexibility index (Phi) is 0.712. The SMILES string of the molecule is NC12CC(C(F)F)(C1)C2. The predicted molar refractivity (Wildman–Crippen MR) is 29.2 cm³/mol. The van der Waals surface area contributed by atoms with Gasteiger partial charge in [0.2, 0.25) is 6.43 Å². The number of rotatable bonds is 1. The quantitative estimate of drug-likeness (QED) is 0.570. The van der Waals surface area contributed by atoms with E-state index in [1.807, 2.05) is 0 Å². The van der Waals surface area contributed by atoms with Crippen LogP contribution in [0.3, 0.4) is 0 Å². The Morgan fingerprint density at radius 3 is 1.78 bits per heavy atom. The van der Waals surface area contributed by atoms with Crippen LogP contribution in [-0.2, 0) is 0 Å². The van der Waals surface area contributed by atoms with Gasteiger partial charge in [0.15, 0.2) is 0 Å². The lowest BCUT2D eigenvalue weighted by molar-refractivity contribution is -0.213. The lowest BCUT2D eigenvalue weighted by atomic mass is 9.40. The van der Waals surface area contributed by atoms with E-state index in [4.69, 9.17) is 5.73 Å². The van der Waals surface area contributed by atoms with E-state index in [0.717, 1.165) is 0 Å². The van der Waals surface area contributed by atoms with Gasteiger partial charge < -0.3 is 5.73 Å². The van der Waals surface area contributed by atoms with Crippen molar-refractivity contribution in [2.75, 3.05) is 0 Å². The molecule has 0 aromatic heterocycles. The molecule has 3 heteroatoms. The molecule has 3 saturated carbocycles. The van der Waals surface area contributed by atoms with Crippen LogP contribution in [0.2, 0.25) is 0 Å². The third-order valence-corrected chi connectivity index (χ3v) is 2.58. The molecule has 1 nitrogen and oxygen atoms in total. The second-order valence-electron chi connectivity index (χ2n) is 3.56. The molecule has 0 aliphatic heterocycles. The Morgan fingerprint density at radius 1 is 1.22 bits per heavy atom. The summed E-state index contributed by atoms with van der Waals surface area (Å²) in [6, 6.07) is 0. The summed E-state index contributed by atoms with van der Waals surface area (Å²) in [5.74, 6) is 0. The molecule has 0 aromatic rings. The van der Waals surface area contributed by atoms with Gasteiger partial charge in [-0.2, -0.15) is 0 Å². The Hall–Kier alpha value is -0.180. The first-order valence-electron chi connectivity index (χ1n) is 3.14. The Bertz CT molecular complexity index is 135. The lowest BCUT2D eigenvalue weighted by Gasteiger charge is -2.68. The highest BCUT2D eigenvalue weighted by Gasteiger charge is 2.70. The van der Waals surface area contributed by atoms with Crippen LogP contribution in [0.5, 0.6) is 0 Å². The Morgan fingerprint density at radius 2 is 1.67 bits per heavy atom. The van der Waals surface area contributed by atoms with E-state index in [0.29, 0.717) is 19.3 Å². The molecule has 0 aromatic carbocycles. The fourth-order valence-corrected chi connectivity index (χ4v) is 2.18. The van der Waals surface area contributed by atoms with Crippen molar-refractivity contribution in [2.24, 2.45) is 11.1 Å². The number of nitrogens with two attached hydrogens (primary N) is 1. The maximum Gasteiger partial charge on any atom is 0.244 e. The third-order valence-electron chi connectivity index (χ3n) is 2.58.